The zero-order valence-electron chi connectivity index (χ0n) is 35.9. The molecule has 64 heavy (non-hydrogen) atoms. The van der Waals surface area contributed by atoms with Crippen LogP contribution in [0.2, 0.25) is 0 Å². The normalized spacial score (nSPS) is 12.9. The van der Waals surface area contributed by atoms with Gasteiger partial charge >= 0.3 is 0 Å². The van der Waals surface area contributed by atoms with Crippen LogP contribution in [0, 0.1) is 0 Å². The van der Waals surface area contributed by atoms with Crippen LogP contribution in [0.3, 0.4) is 0 Å². The molecule has 5 nitrogen and oxygen atoms in total. The van der Waals surface area contributed by atoms with E-state index in [1.807, 2.05) is 49.4 Å². The lowest BCUT2D eigenvalue weighted by molar-refractivity contribution is 0.423. The first-order chi connectivity index (χ1) is 31.5. The van der Waals surface area contributed by atoms with E-state index in [4.69, 9.17) is 16.2 Å². The number of fused-ring (bicyclic) bond motifs is 12. The molecule has 3 heterocycles. The molecule has 11 rings (SSSR count). The van der Waals surface area contributed by atoms with Gasteiger partial charge in [0, 0.05) is 57.1 Å². The maximum atomic E-state index is 6.06. The third-order valence-electron chi connectivity index (χ3n) is 12.5. The molecule has 0 bridgehead atoms. The van der Waals surface area contributed by atoms with Crippen LogP contribution in [0.1, 0.15) is 23.6 Å². The molecule has 0 unspecified atom stereocenters. The van der Waals surface area contributed by atoms with Crippen LogP contribution in [0.25, 0.3) is 82.1 Å². The molecule has 0 aliphatic carbocycles. The van der Waals surface area contributed by atoms with Crippen molar-refractivity contribution in [1.82, 2.24) is 9.13 Å². The summed E-state index contributed by atoms with van der Waals surface area (Å²) in [6.45, 7) is 14.1. The van der Waals surface area contributed by atoms with E-state index in [0.29, 0.717) is 6.54 Å². The molecular formula is C59H48N4O. The Hall–Kier alpha value is -8.12. The summed E-state index contributed by atoms with van der Waals surface area (Å²) in [7, 11) is 0. The van der Waals surface area contributed by atoms with Gasteiger partial charge in [-0.25, -0.2) is 0 Å². The first kappa shape index (κ1) is 40.0. The van der Waals surface area contributed by atoms with Gasteiger partial charge in [-0.1, -0.05) is 141 Å². The molecule has 0 fully saturated rings. The molecule has 10 aromatic rings. The Morgan fingerprint density at radius 2 is 1.30 bits per heavy atom. The van der Waals surface area contributed by atoms with Gasteiger partial charge in [0.15, 0.2) is 0 Å². The van der Waals surface area contributed by atoms with Gasteiger partial charge < -0.3 is 25.3 Å². The van der Waals surface area contributed by atoms with E-state index in [0.717, 1.165) is 62.8 Å². The molecule has 0 radical (unpaired) electrons. The zero-order chi connectivity index (χ0) is 43.9. The molecule has 1 aliphatic rings. The fraction of sp³-hybridized carbons (Fsp3) is 0.0508. The highest BCUT2D eigenvalue weighted by molar-refractivity contribution is 6.32. The van der Waals surface area contributed by atoms with Crippen LogP contribution < -0.4 is 16.2 Å². The number of allylic oxidation sites excluding steroid dienone is 8. The molecule has 2 aromatic heterocycles. The summed E-state index contributed by atoms with van der Waals surface area (Å²) >= 11 is 0. The fourth-order valence-electron chi connectivity index (χ4n) is 9.59. The molecule has 310 valence electrons. The van der Waals surface area contributed by atoms with Gasteiger partial charge in [-0.3, -0.25) is 0 Å². The number of hydrogen-bond donors (Lipinski definition) is 2. The molecule has 8 aromatic carbocycles. The Kier molecular flexibility index (Phi) is 10.4. The lowest BCUT2D eigenvalue weighted by Crippen LogP contribution is -2.09. The Balaban J connectivity index is 0.000000256. The monoisotopic (exact) mass is 828 g/mol. The van der Waals surface area contributed by atoms with E-state index in [-0.39, 0.29) is 0 Å². The minimum atomic E-state index is 0.510. The highest BCUT2D eigenvalue weighted by atomic mass is 16.5. The highest BCUT2D eigenvalue weighted by Crippen LogP contribution is 2.44. The third-order valence-corrected chi connectivity index (χ3v) is 12.5. The summed E-state index contributed by atoms with van der Waals surface area (Å²) in [5.41, 5.74) is 25.2. The number of nitrogen functional groups attached to an aromatic ring is 1. The number of anilines is 1. The molecule has 0 atom stereocenters. The smallest absolute Gasteiger partial charge is 0.133 e. The summed E-state index contributed by atoms with van der Waals surface area (Å²) in [5, 5.41) is 10.1. The fourth-order valence-corrected chi connectivity index (χ4v) is 9.59. The molecule has 0 spiro atoms. The van der Waals surface area contributed by atoms with Crippen LogP contribution in [-0.4, -0.2) is 9.13 Å². The molecule has 0 saturated carbocycles. The molecule has 0 amide bonds. The van der Waals surface area contributed by atoms with Gasteiger partial charge in [0.25, 0.3) is 0 Å². The highest BCUT2D eigenvalue weighted by Gasteiger charge is 2.21. The summed E-state index contributed by atoms with van der Waals surface area (Å²) < 4.78 is 10.5. The average Bonchev–Trinajstić information content (AvgIpc) is 3.87. The van der Waals surface area contributed by atoms with Crippen molar-refractivity contribution in [2.45, 2.75) is 19.9 Å². The topological polar surface area (TPSA) is 71.1 Å². The van der Waals surface area contributed by atoms with Crippen LogP contribution in [0.5, 0.6) is 5.75 Å². The minimum Gasteiger partial charge on any atom is -0.457 e. The van der Waals surface area contributed by atoms with Gasteiger partial charge in [-0.05, 0) is 117 Å². The second kappa shape index (κ2) is 16.6. The van der Waals surface area contributed by atoms with E-state index in [2.05, 4.69) is 162 Å². The summed E-state index contributed by atoms with van der Waals surface area (Å²) in [6.07, 6.45) is 12.2. The SMILES string of the molecule is C=C/C=C(\C=C)c1ccc(-n2c3ccccc3c3c4c(ccc5c4ccc4c5c5ccccc5n4-c4cccc(CN)c4)ccc32)cc1.C=CC1=C(/C=C\C)Cc2c(N)cccc2O1. The van der Waals surface area contributed by atoms with Crippen molar-refractivity contribution in [1.29, 1.82) is 0 Å². The lowest BCUT2D eigenvalue weighted by Gasteiger charge is -2.21. The molecule has 0 saturated heterocycles. The van der Waals surface area contributed by atoms with Gasteiger partial charge in [0.2, 0.25) is 0 Å². The van der Waals surface area contributed by atoms with E-state index >= 15 is 0 Å². The van der Waals surface area contributed by atoms with Crippen molar-refractivity contribution in [3.8, 4) is 17.1 Å². The summed E-state index contributed by atoms with van der Waals surface area (Å²) in [6, 6.07) is 54.3. The van der Waals surface area contributed by atoms with Crippen molar-refractivity contribution in [2.24, 2.45) is 5.73 Å². The van der Waals surface area contributed by atoms with Crippen LogP contribution >= 0.6 is 0 Å². The van der Waals surface area contributed by atoms with Gasteiger partial charge in [-0.15, -0.1) is 0 Å². The quantitative estimate of drug-likeness (QED) is 0.0910. The number of aromatic nitrogens is 2. The van der Waals surface area contributed by atoms with Gasteiger partial charge in [-0.2, -0.15) is 0 Å². The van der Waals surface area contributed by atoms with E-state index in [9.17, 15) is 0 Å². The van der Waals surface area contributed by atoms with Crippen molar-refractivity contribution in [3.05, 3.63) is 236 Å². The lowest BCUT2D eigenvalue weighted by atomic mass is 9.95. The van der Waals surface area contributed by atoms with E-state index in [1.165, 1.54) is 65.2 Å². The molecule has 1 aliphatic heterocycles. The first-order valence-corrected chi connectivity index (χ1v) is 21.7. The molecule has 4 N–H and O–H groups in total. The maximum Gasteiger partial charge on any atom is 0.133 e. The van der Waals surface area contributed by atoms with Crippen molar-refractivity contribution < 1.29 is 4.74 Å². The van der Waals surface area contributed by atoms with Crippen molar-refractivity contribution in [3.63, 3.8) is 0 Å². The number of hydrogen-bond acceptors (Lipinski definition) is 3. The second-order valence-corrected chi connectivity index (χ2v) is 16.1. The predicted molar refractivity (Wildman–Crippen MR) is 274 cm³/mol. The number of nitrogens with zero attached hydrogens (tertiary/aromatic N) is 2. The number of nitrogens with two attached hydrogens (primary N) is 2. The molecular weight excluding hydrogens is 781 g/mol. The number of ether oxygens (including phenoxy) is 1. The minimum absolute atomic E-state index is 0.510. The first-order valence-electron chi connectivity index (χ1n) is 21.7. The van der Waals surface area contributed by atoms with E-state index in [1.54, 1.807) is 12.2 Å². The Morgan fingerprint density at radius 1 is 0.641 bits per heavy atom. The second-order valence-electron chi connectivity index (χ2n) is 16.1. The summed E-state index contributed by atoms with van der Waals surface area (Å²) in [4.78, 5) is 0. The Bertz CT molecular complexity index is 3610. The summed E-state index contributed by atoms with van der Waals surface area (Å²) in [5.74, 6) is 1.65. The van der Waals surface area contributed by atoms with Crippen LogP contribution in [0.4, 0.5) is 5.69 Å². The number of rotatable bonds is 8. The Labute approximate surface area is 373 Å². The maximum absolute atomic E-state index is 6.06. The largest absolute Gasteiger partial charge is 0.457 e. The van der Waals surface area contributed by atoms with E-state index < -0.39 is 0 Å². The van der Waals surface area contributed by atoms with Crippen LogP contribution in [-0.2, 0) is 13.0 Å². The Morgan fingerprint density at radius 3 is 2.02 bits per heavy atom. The number of benzene rings is 8. The number of para-hydroxylation sites is 2. The predicted octanol–water partition coefficient (Wildman–Crippen LogP) is 14.6. The van der Waals surface area contributed by atoms with Crippen LogP contribution in [0.15, 0.2) is 219 Å². The zero-order valence-corrected chi connectivity index (χ0v) is 35.9. The van der Waals surface area contributed by atoms with Crippen molar-refractivity contribution in [2.75, 3.05) is 5.73 Å². The standard InChI is InChI=1S/C45H33N3.C14H15NO/c1-3-10-30(4-2)31-17-21-33(22-18-31)47-40-16-8-6-14-38(40)45-42(47)25-20-32-19-23-36-35(43(32)45)24-26-41-44(36)37-13-5-7-15-39(37)48(41)34-12-9-11-29(27-34)28-46;1-3-6-10-9-11-12(15)7-5-8-14(11)16-13(10)4-2/h3-27H,1-2,28,46H2;3-8H,2,9,15H2,1H3/b30-10+;6-3-. The van der Waals surface area contributed by atoms with Gasteiger partial charge in [0.05, 0.1) is 22.1 Å². The molecule has 5 heteroatoms. The average molecular weight is 829 g/mol. The van der Waals surface area contributed by atoms with Crippen molar-refractivity contribution >= 4 is 76.4 Å². The van der Waals surface area contributed by atoms with Gasteiger partial charge in [0.1, 0.15) is 11.5 Å². The third kappa shape index (κ3) is 6.62.